The van der Waals surface area contributed by atoms with Gasteiger partial charge in [0.1, 0.15) is 5.60 Å². The summed E-state index contributed by atoms with van der Waals surface area (Å²) in [6, 6.07) is 20.5. The fourth-order valence-corrected chi connectivity index (χ4v) is 6.33. The minimum Gasteiger partial charge on any atom is -0.444 e. The smallest absolute Gasteiger partial charge is 0.410 e. The first-order valence-corrected chi connectivity index (χ1v) is 16.0. The van der Waals surface area contributed by atoms with E-state index in [1.54, 1.807) is 0 Å². The molecule has 6 nitrogen and oxygen atoms in total. The number of rotatable bonds is 14. The number of unbranched alkanes of at least 4 members (excludes halogenated alkanes) is 2. The summed E-state index contributed by atoms with van der Waals surface area (Å²) in [5, 5.41) is 9.01. The Bertz CT molecular complexity index is 1120. The Morgan fingerprint density at radius 1 is 0.953 bits per heavy atom. The number of nitrogens with zero attached hydrogens (tertiary/aromatic N) is 1. The van der Waals surface area contributed by atoms with Gasteiger partial charge >= 0.3 is 6.09 Å². The normalized spacial score (nSPS) is 20.9. The van der Waals surface area contributed by atoms with Gasteiger partial charge in [-0.1, -0.05) is 84.5 Å². The number of ether oxygens (including phenoxy) is 3. The van der Waals surface area contributed by atoms with Gasteiger partial charge in [0.25, 0.3) is 0 Å². The maximum absolute atomic E-state index is 13.8. The van der Waals surface area contributed by atoms with Gasteiger partial charge in [0, 0.05) is 18.6 Å². The topological polar surface area (TPSA) is 68.2 Å². The van der Waals surface area contributed by atoms with Gasteiger partial charge in [0.15, 0.2) is 0 Å². The lowest BCUT2D eigenvalue weighted by Crippen LogP contribution is -2.61. The van der Waals surface area contributed by atoms with Crippen LogP contribution in [0.1, 0.15) is 76.8 Å². The fraction of sp³-hybridized carbons (Fsp3) is 0.541. The van der Waals surface area contributed by atoms with Gasteiger partial charge in [-0.25, -0.2) is 4.79 Å². The summed E-state index contributed by atoms with van der Waals surface area (Å²) >= 11 is 0. The number of allylic oxidation sites excluding steroid dienone is 3. The second-order valence-electron chi connectivity index (χ2n) is 13.1. The predicted octanol–water partition coefficient (Wildman–Crippen LogP) is 7.86. The van der Waals surface area contributed by atoms with Crippen molar-refractivity contribution in [1.29, 1.82) is 0 Å². The number of aliphatic hydroxyl groups excluding tert-OH is 1. The van der Waals surface area contributed by atoms with Crippen LogP contribution in [-0.2, 0) is 27.4 Å². The molecule has 0 aromatic heterocycles. The largest absolute Gasteiger partial charge is 0.444 e. The van der Waals surface area contributed by atoms with E-state index in [2.05, 4.69) is 42.5 Å². The summed E-state index contributed by atoms with van der Waals surface area (Å²) < 4.78 is 18.9. The Balaban J connectivity index is 1.54. The van der Waals surface area contributed by atoms with E-state index in [0.29, 0.717) is 38.9 Å². The van der Waals surface area contributed by atoms with Gasteiger partial charge < -0.3 is 24.2 Å². The van der Waals surface area contributed by atoms with Gasteiger partial charge in [-0.15, -0.1) is 0 Å². The zero-order chi connectivity index (χ0) is 30.5. The first-order chi connectivity index (χ1) is 20.8. The number of amides is 1. The van der Waals surface area contributed by atoms with Crippen LogP contribution in [0, 0.1) is 11.3 Å². The zero-order valence-corrected chi connectivity index (χ0v) is 26.4. The number of carbonyl (C=O) groups excluding carboxylic acids is 1. The third-order valence-electron chi connectivity index (χ3n) is 8.54. The molecule has 1 amide bonds. The molecule has 0 spiro atoms. The lowest BCUT2D eigenvalue weighted by Gasteiger charge is -2.54. The summed E-state index contributed by atoms with van der Waals surface area (Å²) in [6.07, 6.45) is 13.0. The third kappa shape index (κ3) is 10.1. The van der Waals surface area contributed by atoms with Crippen LogP contribution >= 0.6 is 0 Å². The Hall–Kier alpha value is -2.93. The third-order valence-corrected chi connectivity index (χ3v) is 8.54. The van der Waals surface area contributed by atoms with Gasteiger partial charge in [-0.3, -0.25) is 0 Å². The number of hydrogen-bond acceptors (Lipinski definition) is 5. The SMILES string of the molecule is CC(C)(C)OC(=O)N1CC(COCc2ccccc2)(COCc2ccccc2)C2CC/C(=C/C/C=C\CCCCO)C1C2. The standard InChI is InChI=1S/C37H51NO5/c1-36(2,3)43-35(40)38-27-37(28-41-25-30-16-10-8-11-17-30,29-42-26-31-18-12-9-13-19-31)33-22-21-32(34(38)24-33)20-14-6-4-5-7-15-23-39/h4,6,8-13,16-20,33-34,39H,5,7,14-15,21-29H2,1-3H3/b6-4-,32-20-. The average molecular weight is 590 g/mol. The molecule has 1 aliphatic heterocycles. The van der Waals surface area contributed by atoms with Crippen LogP contribution in [-0.4, -0.2) is 54.1 Å². The molecule has 1 heterocycles. The number of likely N-dealkylation sites (tertiary alicyclic amines) is 1. The number of carbonyl (C=O) groups is 1. The molecule has 2 aromatic rings. The monoisotopic (exact) mass is 589 g/mol. The Morgan fingerprint density at radius 3 is 2.16 bits per heavy atom. The van der Waals surface area contributed by atoms with Crippen LogP contribution in [0.25, 0.3) is 0 Å². The van der Waals surface area contributed by atoms with Crippen molar-refractivity contribution in [3.8, 4) is 0 Å². The van der Waals surface area contributed by atoms with E-state index in [-0.39, 0.29) is 24.2 Å². The number of aliphatic hydroxyl groups is 1. The van der Waals surface area contributed by atoms with E-state index in [1.165, 1.54) is 5.57 Å². The van der Waals surface area contributed by atoms with Crippen molar-refractivity contribution in [2.45, 2.75) is 90.6 Å². The van der Waals surface area contributed by atoms with Crippen molar-refractivity contribution >= 4 is 6.09 Å². The van der Waals surface area contributed by atoms with Crippen LogP contribution < -0.4 is 0 Å². The maximum Gasteiger partial charge on any atom is 0.410 e. The molecule has 2 atom stereocenters. The van der Waals surface area contributed by atoms with E-state index >= 15 is 0 Å². The summed E-state index contributed by atoms with van der Waals surface area (Å²) in [6.45, 7) is 8.65. The van der Waals surface area contributed by atoms with Gasteiger partial charge in [-0.05, 0) is 82.8 Å². The molecule has 2 unspecified atom stereocenters. The van der Waals surface area contributed by atoms with E-state index in [0.717, 1.165) is 56.1 Å². The molecule has 4 rings (SSSR count). The van der Waals surface area contributed by atoms with Crippen molar-refractivity contribution in [1.82, 2.24) is 4.90 Å². The highest BCUT2D eigenvalue weighted by Crippen LogP contribution is 2.48. The van der Waals surface area contributed by atoms with E-state index in [1.807, 2.05) is 62.1 Å². The van der Waals surface area contributed by atoms with Crippen LogP contribution in [0.2, 0.25) is 0 Å². The van der Waals surface area contributed by atoms with Gasteiger partial charge in [-0.2, -0.15) is 0 Å². The van der Waals surface area contributed by atoms with Gasteiger partial charge in [0.05, 0.1) is 32.5 Å². The number of fused-ring (bicyclic) bond motifs is 2. The van der Waals surface area contributed by atoms with Crippen LogP contribution in [0.4, 0.5) is 4.79 Å². The second kappa shape index (κ2) is 16.2. The Labute approximate surface area is 258 Å². The summed E-state index contributed by atoms with van der Waals surface area (Å²) in [5.41, 5.74) is 2.68. The Kier molecular flexibility index (Phi) is 12.4. The van der Waals surface area contributed by atoms with Crippen LogP contribution in [0.3, 0.4) is 0 Å². The van der Waals surface area contributed by atoms with E-state index in [9.17, 15) is 4.79 Å². The number of piperidine rings is 1. The molecule has 2 aromatic carbocycles. The van der Waals surface area contributed by atoms with Crippen molar-refractivity contribution < 1.29 is 24.1 Å². The average Bonchev–Trinajstić information content (AvgIpc) is 2.99. The highest BCUT2D eigenvalue weighted by molar-refractivity contribution is 5.69. The lowest BCUT2D eigenvalue weighted by atomic mass is 9.63. The molecular formula is C37H51NO5. The molecule has 0 radical (unpaired) electrons. The van der Waals surface area contributed by atoms with E-state index in [4.69, 9.17) is 19.3 Å². The molecule has 1 saturated carbocycles. The molecule has 1 saturated heterocycles. The zero-order valence-electron chi connectivity index (χ0n) is 26.4. The van der Waals surface area contributed by atoms with Gasteiger partial charge in [0.2, 0.25) is 0 Å². The van der Waals surface area contributed by atoms with Crippen LogP contribution in [0.15, 0.2) is 84.5 Å². The minimum atomic E-state index is -0.583. The minimum absolute atomic E-state index is 0.0211. The molecule has 1 N–H and O–H groups in total. The first-order valence-electron chi connectivity index (χ1n) is 16.0. The molecule has 2 aliphatic rings. The van der Waals surface area contributed by atoms with Crippen molar-refractivity contribution in [2.75, 3.05) is 26.4 Å². The first kappa shape index (κ1) is 33.0. The van der Waals surface area contributed by atoms with Crippen molar-refractivity contribution in [3.63, 3.8) is 0 Å². The highest BCUT2D eigenvalue weighted by Gasteiger charge is 2.52. The Morgan fingerprint density at radius 2 is 1.58 bits per heavy atom. The summed E-state index contributed by atoms with van der Waals surface area (Å²) in [7, 11) is 0. The predicted molar refractivity (Wildman–Crippen MR) is 171 cm³/mol. The molecule has 2 fully saturated rings. The van der Waals surface area contributed by atoms with E-state index < -0.39 is 5.60 Å². The molecule has 234 valence electrons. The summed E-state index contributed by atoms with van der Waals surface area (Å²) in [5.74, 6) is 0.369. The van der Waals surface area contributed by atoms with Crippen LogP contribution in [0.5, 0.6) is 0 Å². The highest BCUT2D eigenvalue weighted by atomic mass is 16.6. The molecule has 2 bridgehead atoms. The molecule has 1 aliphatic carbocycles. The molecule has 6 heteroatoms. The summed E-state index contributed by atoms with van der Waals surface area (Å²) in [4.78, 5) is 15.7. The molecular weight excluding hydrogens is 538 g/mol. The quantitative estimate of drug-likeness (QED) is 0.179. The maximum atomic E-state index is 13.8. The molecule has 43 heavy (non-hydrogen) atoms. The fourth-order valence-electron chi connectivity index (χ4n) is 6.33. The number of hydrogen-bond donors (Lipinski definition) is 1. The van der Waals surface area contributed by atoms with Crippen molar-refractivity contribution in [2.24, 2.45) is 11.3 Å². The second-order valence-corrected chi connectivity index (χ2v) is 13.1. The lowest BCUT2D eigenvalue weighted by molar-refractivity contribution is -0.117. The number of benzene rings is 2. The van der Waals surface area contributed by atoms with Crippen molar-refractivity contribution in [3.05, 3.63) is 95.6 Å².